The summed E-state index contributed by atoms with van der Waals surface area (Å²) >= 11 is 0. The number of carbonyl (C=O) groups is 2. The number of aliphatic imine (C=N–C) groups is 1. The maximum absolute atomic E-state index is 13.1. The molecule has 10 heteroatoms. The highest BCUT2D eigenvalue weighted by molar-refractivity contribution is 5.90. The van der Waals surface area contributed by atoms with Crippen LogP contribution < -0.4 is 27.8 Å². The van der Waals surface area contributed by atoms with Crippen LogP contribution in [0.5, 0.6) is 0 Å². The number of nitrogens with two attached hydrogens (primary N) is 3. The van der Waals surface area contributed by atoms with E-state index in [0.29, 0.717) is 12.8 Å². The summed E-state index contributed by atoms with van der Waals surface area (Å²) in [6.45, 7) is 0.278. The van der Waals surface area contributed by atoms with Crippen molar-refractivity contribution in [3.63, 3.8) is 0 Å². The van der Waals surface area contributed by atoms with E-state index >= 15 is 0 Å². The molecule has 0 saturated carbocycles. The molecule has 0 spiro atoms. The molecule has 34 heavy (non-hydrogen) atoms. The quantitative estimate of drug-likeness (QED) is 0.0857. The van der Waals surface area contributed by atoms with Crippen LogP contribution in [0.3, 0.4) is 0 Å². The van der Waals surface area contributed by atoms with Gasteiger partial charge in [-0.2, -0.15) is 0 Å². The van der Waals surface area contributed by atoms with E-state index < -0.39 is 36.2 Å². The number of rotatable bonds is 13. The summed E-state index contributed by atoms with van der Waals surface area (Å²) in [7, 11) is 0. The Morgan fingerprint density at radius 3 is 1.94 bits per heavy atom. The lowest BCUT2D eigenvalue weighted by Crippen LogP contribution is -2.56. The Labute approximate surface area is 199 Å². The predicted molar refractivity (Wildman–Crippen MR) is 130 cm³/mol. The van der Waals surface area contributed by atoms with E-state index in [2.05, 4.69) is 15.6 Å². The van der Waals surface area contributed by atoms with Crippen molar-refractivity contribution in [3.8, 4) is 0 Å². The molecule has 0 radical (unpaired) electrons. The number of guanidine groups is 1. The highest BCUT2D eigenvalue weighted by Crippen LogP contribution is 2.08. The normalized spacial score (nSPS) is 13.5. The van der Waals surface area contributed by atoms with Crippen LogP contribution >= 0.6 is 0 Å². The van der Waals surface area contributed by atoms with E-state index in [9.17, 15) is 19.8 Å². The Kier molecular flexibility index (Phi) is 11.0. The Morgan fingerprint density at radius 2 is 1.41 bits per heavy atom. The van der Waals surface area contributed by atoms with E-state index in [1.54, 1.807) is 0 Å². The molecule has 2 rings (SSSR count). The molecule has 2 aromatic carbocycles. The van der Waals surface area contributed by atoms with Crippen molar-refractivity contribution in [2.75, 3.05) is 6.54 Å². The van der Waals surface area contributed by atoms with Crippen LogP contribution in [0.2, 0.25) is 0 Å². The van der Waals surface area contributed by atoms with Crippen LogP contribution in [0.25, 0.3) is 0 Å². The second-order valence-corrected chi connectivity index (χ2v) is 8.02. The number of benzene rings is 2. The highest BCUT2D eigenvalue weighted by Gasteiger charge is 2.27. The number of amides is 2. The number of hydrogen-bond acceptors (Lipinski definition) is 6. The van der Waals surface area contributed by atoms with Gasteiger partial charge < -0.3 is 38.0 Å². The van der Waals surface area contributed by atoms with Gasteiger partial charge in [-0.15, -0.1) is 0 Å². The maximum Gasteiger partial charge on any atom is 0.243 e. The molecule has 0 heterocycles. The van der Waals surface area contributed by atoms with Crippen molar-refractivity contribution < 1.29 is 19.8 Å². The van der Waals surface area contributed by atoms with Gasteiger partial charge in [0.1, 0.15) is 6.04 Å². The molecule has 0 saturated heterocycles. The molecule has 0 unspecified atom stereocenters. The minimum atomic E-state index is -1.79. The minimum Gasteiger partial charge on any atom is -0.370 e. The first-order valence-corrected chi connectivity index (χ1v) is 11.1. The first-order valence-electron chi connectivity index (χ1n) is 11.1. The Balaban J connectivity index is 2.07. The number of nitrogens with one attached hydrogen (secondary N) is 2. The third-order valence-corrected chi connectivity index (χ3v) is 5.21. The van der Waals surface area contributed by atoms with Gasteiger partial charge in [0.05, 0.1) is 12.1 Å². The van der Waals surface area contributed by atoms with Crippen molar-refractivity contribution in [2.45, 2.75) is 50.1 Å². The summed E-state index contributed by atoms with van der Waals surface area (Å²) in [5.41, 5.74) is 18.4. The first kappa shape index (κ1) is 26.8. The van der Waals surface area contributed by atoms with Crippen molar-refractivity contribution in [1.82, 2.24) is 10.6 Å². The summed E-state index contributed by atoms with van der Waals surface area (Å²) < 4.78 is 0. The molecule has 3 atom stereocenters. The zero-order chi connectivity index (χ0) is 24.9. The van der Waals surface area contributed by atoms with Gasteiger partial charge >= 0.3 is 0 Å². The lowest BCUT2D eigenvalue weighted by atomic mass is 10.0. The zero-order valence-electron chi connectivity index (χ0n) is 19.0. The highest BCUT2D eigenvalue weighted by atomic mass is 16.5. The summed E-state index contributed by atoms with van der Waals surface area (Å²) in [5, 5.41) is 24.8. The van der Waals surface area contributed by atoms with Gasteiger partial charge in [0.2, 0.25) is 11.8 Å². The van der Waals surface area contributed by atoms with Crippen LogP contribution in [-0.4, -0.2) is 58.9 Å². The van der Waals surface area contributed by atoms with Gasteiger partial charge in [-0.3, -0.25) is 14.6 Å². The van der Waals surface area contributed by atoms with Crippen molar-refractivity contribution in [3.05, 3.63) is 71.8 Å². The lowest BCUT2D eigenvalue weighted by Gasteiger charge is -2.25. The molecule has 0 fully saturated rings. The van der Waals surface area contributed by atoms with E-state index in [4.69, 9.17) is 17.2 Å². The van der Waals surface area contributed by atoms with Gasteiger partial charge in [-0.25, -0.2) is 0 Å². The molecule has 10 N–H and O–H groups in total. The first-order chi connectivity index (χ1) is 16.3. The molecule has 0 aromatic heterocycles. The number of aliphatic hydroxyl groups is 2. The van der Waals surface area contributed by atoms with Crippen LogP contribution in [0, 0.1) is 0 Å². The second-order valence-electron chi connectivity index (χ2n) is 8.02. The van der Waals surface area contributed by atoms with Crippen molar-refractivity contribution in [2.24, 2.45) is 22.2 Å². The molecule has 0 bridgehead atoms. The third-order valence-electron chi connectivity index (χ3n) is 5.21. The van der Waals surface area contributed by atoms with Crippen LogP contribution in [0.1, 0.15) is 24.0 Å². The Morgan fingerprint density at radius 1 is 0.853 bits per heavy atom. The van der Waals surface area contributed by atoms with E-state index in [-0.39, 0.29) is 25.3 Å². The standard InChI is InChI=1S/C24H34N6O4/c25-18(14-16-8-3-1-4-9-16)21(31)30-20(15-17-10-5-2-6-11-17)22(32)29-19(23(33)34)12-7-13-28-24(26)27/h1-6,8-11,18-20,23,33-34H,7,12-15,25H2,(H,29,32)(H,30,31)(H4,26,27,28)/t18-,19+,20+/m1/s1. The molecule has 2 amide bonds. The second kappa shape index (κ2) is 13.9. The van der Waals surface area contributed by atoms with Gasteiger partial charge in [0, 0.05) is 13.0 Å². The van der Waals surface area contributed by atoms with Gasteiger partial charge in [-0.1, -0.05) is 60.7 Å². The lowest BCUT2D eigenvalue weighted by molar-refractivity contribution is -0.133. The van der Waals surface area contributed by atoms with Gasteiger partial charge in [0.25, 0.3) is 0 Å². The minimum absolute atomic E-state index is 0.0670. The average Bonchev–Trinajstić information content (AvgIpc) is 2.81. The number of hydrogen-bond donors (Lipinski definition) is 7. The van der Waals surface area contributed by atoms with Crippen LogP contribution in [-0.2, 0) is 22.4 Å². The van der Waals surface area contributed by atoms with Crippen molar-refractivity contribution >= 4 is 17.8 Å². The third kappa shape index (κ3) is 9.57. The smallest absolute Gasteiger partial charge is 0.243 e. The van der Waals surface area contributed by atoms with E-state index in [1.165, 1.54) is 0 Å². The Hall–Kier alpha value is -3.47. The monoisotopic (exact) mass is 470 g/mol. The van der Waals surface area contributed by atoms with Crippen LogP contribution in [0.15, 0.2) is 65.7 Å². The van der Waals surface area contributed by atoms with Crippen LogP contribution in [0.4, 0.5) is 0 Å². The largest absolute Gasteiger partial charge is 0.370 e. The SMILES string of the molecule is NC(N)=NCCC[C@H](NC(=O)[C@H](Cc1ccccc1)NC(=O)[C@H](N)Cc1ccccc1)C(O)O. The van der Waals surface area contributed by atoms with Crippen molar-refractivity contribution in [1.29, 1.82) is 0 Å². The number of aliphatic hydroxyl groups excluding tert-OH is 1. The summed E-state index contributed by atoms with van der Waals surface area (Å²) in [6.07, 6.45) is -0.636. The average molecular weight is 471 g/mol. The van der Waals surface area contributed by atoms with Gasteiger partial charge in [0.15, 0.2) is 12.2 Å². The molecule has 2 aromatic rings. The fourth-order valence-electron chi connectivity index (χ4n) is 3.40. The molecular weight excluding hydrogens is 436 g/mol. The predicted octanol–water partition coefficient (Wildman–Crippen LogP) is -0.867. The fraction of sp³-hybridized carbons (Fsp3) is 0.375. The van der Waals surface area contributed by atoms with E-state index in [1.807, 2.05) is 60.7 Å². The molecule has 0 aliphatic heterocycles. The van der Waals surface area contributed by atoms with Gasteiger partial charge in [-0.05, 0) is 30.4 Å². The number of carbonyl (C=O) groups excluding carboxylic acids is 2. The number of nitrogens with zero attached hydrogens (tertiary/aromatic N) is 1. The summed E-state index contributed by atoms with van der Waals surface area (Å²) in [6, 6.07) is 15.7. The summed E-state index contributed by atoms with van der Waals surface area (Å²) in [5.74, 6) is -1.10. The topological polar surface area (TPSA) is 189 Å². The molecule has 10 nitrogen and oxygen atoms in total. The fourth-order valence-corrected chi connectivity index (χ4v) is 3.40. The molecule has 0 aliphatic carbocycles. The maximum atomic E-state index is 13.1. The molecule has 184 valence electrons. The zero-order valence-corrected chi connectivity index (χ0v) is 19.0. The molecule has 0 aliphatic rings. The van der Waals surface area contributed by atoms with E-state index in [0.717, 1.165) is 11.1 Å². The summed E-state index contributed by atoms with van der Waals surface area (Å²) in [4.78, 5) is 29.7. The molecular formula is C24H34N6O4. The Bertz CT molecular complexity index is 920.